The Labute approximate surface area is 138 Å². The highest BCUT2D eigenvalue weighted by Crippen LogP contribution is 2.22. The molecule has 2 aromatic rings. The fourth-order valence-electron chi connectivity index (χ4n) is 2.47. The van der Waals surface area contributed by atoms with Crippen molar-refractivity contribution in [1.82, 2.24) is 4.98 Å². The van der Waals surface area contributed by atoms with Gasteiger partial charge in [0.15, 0.2) is 0 Å². The number of benzene rings is 1. The number of nitrogens with zero attached hydrogens (tertiary/aromatic N) is 1. The van der Waals surface area contributed by atoms with Crippen molar-refractivity contribution in [3.05, 3.63) is 65.5 Å². The minimum atomic E-state index is -0.434. The van der Waals surface area contributed by atoms with Gasteiger partial charge in [0.1, 0.15) is 5.78 Å². The van der Waals surface area contributed by atoms with Crippen LogP contribution in [-0.4, -0.2) is 16.8 Å². The Morgan fingerprint density at radius 2 is 1.83 bits per heavy atom. The quantitative estimate of drug-likeness (QED) is 0.889. The molecule has 0 bridgehead atoms. The average Bonchev–Trinajstić information content (AvgIpc) is 2.53. The molecule has 1 heterocycles. The second-order valence-electron chi connectivity index (χ2n) is 7.09. The molecule has 0 saturated carbocycles. The molecule has 0 aliphatic heterocycles. The van der Waals surface area contributed by atoms with E-state index >= 15 is 0 Å². The van der Waals surface area contributed by atoms with Crippen molar-refractivity contribution in [3.8, 4) is 0 Å². The van der Waals surface area contributed by atoms with Gasteiger partial charge in [0, 0.05) is 18.8 Å². The van der Waals surface area contributed by atoms with E-state index in [1.165, 1.54) is 5.56 Å². The van der Waals surface area contributed by atoms with Gasteiger partial charge >= 0.3 is 0 Å². The Morgan fingerprint density at radius 1 is 1.13 bits per heavy atom. The average molecular weight is 310 g/mol. The van der Waals surface area contributed by atoms with Crippen molar-refractivity contribution in [2.75, 3.05) is 0 Å². The van der Waals surface area contributed by atoms with Crippen molar-refractivity contribution >= 4 is 5.78 Å². The summed E-state index contributed by atoms with van der Waals surface area (Å²) in [7, 11) is 0. The topological polar surface area (TPSA) is 56.0 Å². The van der Waals surface area contributed by atoms with Gasteiger partial charge in [0.05, 0.1) is 6.04 Å². The fourth-order valence-corrected chi connectivity index (χ4v) is 2.47. The highest BCUT2D eigenvalue weighted by molar-refractivity contribution is 5.84. The normalized spacial score (nSPS) is 12.9. The van der Waals surface area contributed by atoms with Gasteiger partial charge < -0.3 is 5.73 Å². The van der Waals surface area contributed by atoms with Crippen molar-refractivity contribution in [2.45, 2.75) is 51.5 Å². The Bertz CT molecular complexity index is 644. The van der Waals surface area contributed by atoms with Crippen LogP contribution in [0.1, 0.15) is 43.9 Å². The van der Waals surface area contributed by atoms with Crippen LogP contribution in [0.3, 0.4) is 0 Å². The number of Topliss-reactive ketones (excluding diaryl/α,β-unsaturated/α-hetero) is 1. The zero-order valence-corrected chi connectivity index (χ0v) is 14.3. The molecule has 0 fully saturated rings. The van der Waals surface area contributed by atoms with Gasteiger partial charge in [0.2, 0.25) is 0 Å². The lowest BCUT2D eigenvalue weighted by Crippen LogP contribution is -2.32. The summed E-state index contributed by atoms with van der Waals surface area (Å²) in [5.41, 5.74) is 9.50. The lowest BCUT2D eigenvalue weighted by Gasteiger charge is -2.19. The van der Waals surface area contributed by atoms with E-state index in [9.17, 15) is 4.79 Å². The molecule has 3 nitrogen and oxygen atoms in total. The summed E-state index contributed by atoms with van der Waals surface area (Å²) in [6.45, 7) is 6.48. The number of nitrogens with two attached hydrogens (primary N) is 1. The zero-order valence-electron chi connectivity index (χ0n) is 14.3. The predicted octanol–water partition coefficient (Wildman–Crippen LogP) is 3.45. The van der Waals surface area contributed by atoms with Crippen molar-refractivity contribution < 1.29 is 4.79 Å². The zero-order chi connectivity index (χ0) is 16.9. The van der Waals surface area contributed by atoms with E-state index in [0.717, 1.165) is 11.1 Å². The second-order valence-corrected chi connectivity index (χ2v) is 7.09. The number of rotatable bonds is 6. The maximum Gasteiger partial charge on any atom is 0.150 e. The molecule has 0 unspecified atom stereocenters. The summed E-state index contributed by atoms with van der Waals surface area (Å²) in [5, 5.41) is 0. The Morgan fingerprint density at radius 3 is 2.48 bits per heavy atom. The molecule has 0 radical (unpaired) electrons. The van der Waals surface area contributed by atoms with Gasteiger partial charge in [-0.15, -0.1) is 0 Å². The number of aromatic nitrogens is 1. The molecule has 2 rings (SSSR count). The van der Waals surface area contributed by atoms with E-state index in [-0.39, 0.29) is 11.2 Å². The summed E-state index contributed by atoms with van der Waals surface area (Å²) in [6.07, 6.45) is 5.49. The molecule has 0 amide bonds. The molecule has 0 aliphatic rings. The molecule has 1 aromatic carbocycles. The number of pyridine rings is 1. The SMILES string of the molecule is CC(C)(C)c1cncc(CCC(=O)[C@H](N)Cc2ccccc2)c1. The van der Waals surface area contributed by atoms with Crippen LogP contribution in [0, 0.1) is 0 Å². The maximum atomic E-state index is 12.3. The Hall–Kier alpha value is -2.00. The number of hydrogen-bond donors (Lipinski definition) is 1. The van der Waals surface area contributed by atoms with E-state index in [1.807, 2.05) is 42.7 Å². The van der Waals surface area contributed by atoms with Gasteiger partial charge in [0.25, 0.3) is 0 Å². The molecule has 122 valence electrons. The molecular weight excluding hydrogens is 284 g/mol. The number of aryl methyl sites for hydroxylation is 1. The third-order valence-electron chi connectivity index (χ3n) is 4.03. The van der Waals surface area contributed by atoms with Crippen LogP contribution in [0.5, 0.6) is 0 Å². The van der Waals surface area contributed by atoms with Crippen molar-refractivity contribution in [2.24, 2.45) is 5.73 Å². The van der Waals surface area contributed by atoms with Gasteiger partial charge in [-0.2, -0.15) is 0 Å². The lowest BCUT2D eigenvalue weighted by atomic mass is 9.87. The lowest BCUT2D eigenvalue weighted by molar-refractivity contribution is -0.120. The Kier molecular flexibility index (Phi) is 5.67. The minimum Gasteiger partial charge on any atom is -0.321 e. The molecule has 2 N–H and O–H groups in total. The third kappa shape index (κ3) is 5.29. The number of ketones is 1. The van der Waals surface area contributed by atoms with Crippen molar-refractivity contribution in [1.29, 1.82) is 0 Å². The van der Waals surface area contributed by atoms with Crippen LogP contribution < -0.4 is 5.73 Å². The Balaban J connectivity index is 1.91. The molecule has 1 atom stereocenters. The molecule has 0 saturated heterocycles. The van der Waals surface area contributed by atoms with Gasteiger partial charge in [-0.25, -0.2) is 0 Å². The maximum absolute atomic E-state index is 12.3. The first-order valence-electron chi connectivity index (χ1n) is 8.13. The van der Waals surface area contributed by atoms with Crippen LogP contribution >= 0.6 is 0 Å². The molecular formula is C20H26N2O. The number of carbonyl (C=O) groups excluding carboxylic acids is 1. The summed E-state index contributed by atoms with van der Waals surface area (Å²) in [5.74, 6) is 0.106. The molecule has 0 aliphatic carbocycles. The summed E-state index contributed by atoms with van der Waals surface area (Å²) in [6, 6.07) is 11.6. The highest BCUT2D eigenvalue weighted by Gasteiger charge is 2.16. The van der Waals surface area contributed by atoms with E-state index in [4.69, 9.17) is 5.73 Å². The molecule has 1 aromatic heterocycles. The first kappa shape index (κ1) is 17.4. The van der Waals surface area contributed by atoms with Crippen LogP contribution in [0.15, 0.2) is 48.8 Å². The number of hydrogen-bond acceptors (Lipinski definition) is 3. The fraction of sp³-hybridized carbons (Fsp3) is 0.400. The summed E-state index contributed by atoms with van der Waals surface area (Å²) in [4.78, 5) is 16.6. The van der Waals surface area contributed by atoms with Crippen molar-refractivity contribution in [3.63, 3.8) is 0 Å². The minimum absolute atomic E-state index is 0.0662. The van der Waals surface area contributed by atoms with Gasteiger partial charge in [-0.3, -0.25) is 9.78 Å². The molecule has 23 heavy (non-hydrogen) atoms. The van der Waals surface area contributed by atoms with Gasteiger partial charge in [-0.1, -0.05) is 57.2 Å². The van der Waals surface area contributed by atoms with E-state index in [0.29, 0.717) is 19.3 Å². The van der Waals surface area contributed by atoms with Gasteiger partial charge in [-0.05, 0) is 34.9 Å². The predicted molar refractivity (Wildman–Crippen MR) is 94.4 cm³/mol. The van der Waals surface area contributed by atoms with Crippen LogP contribution in [-0.2, 0) is 23.1 Å². The number of carbonyl (C=O) groups is 1. The van der Waals surface area contributed by atoms with E-state index < -0.39 is 6.04 Å². The van der Waals surface area contributed by atoms with Crippen LogP contribution in [0.25, 0.3) is 0 Å². The van der Waals surface area contributed by atoms with Crippen LogP contribution in [0.2, 0.25) is 0 Å². The third-order valence-corrected chi connectivity index (χ3v) is 4.03. The smallest absolute Gasteiger partial charge is 0.150 e. The molecule has 0 spiro atoms. The van der Waals surface area contributed by atoms with E-state index in [2.05, 4.69) is 31.8 Å². The largest absolute Gasteiger partial charge is 0.321 e. The van der Waals surface area contributed by atoms with Crippen LogP contribution in [0.4, 0.5) is 0 Å². The monoisotopic (exact) mass is 310 g/mol. The standard InChI is InChI=1S/C20H26N2O/c1-20(2,3)17-11-16(13-22-14-17)9-10-19(23)18(21)12-15-7-5-4-6-8-15/h4-8,11,13-14,18H,9-10,12,21H2,1-3H3/t18-/m1/s1. The highest BCUT2D eigenvalue weighted by atomic mass is 16.1. The first-order valence-corrected chi connectivity index (χ1v) is 8.13. The summed E-state index contributed by atoms with van der Waals surface area (Å²) >= 11 is 0. The molecule has 3 heteroatoms. The second kappa shape index (κ2) is 7.51. The van der Waals surface area contributed by atoms with E-state index in [1.54, 1.807) is 0 Å². The summed E-state index contributed by atoms with van der Waals surface area (Å²) < 4.78 is 0. The first-order chi connectivity index (χ1) is 10.9.